The molecule has 0 spiro atoms. The number of rotatable bonds is 10. The number of hydrogen-bond donors (Lipinski definition) is 2. The van der Waals surface area contributed by atoms with Crippen LogP contribution in [0.2, 0.25) is 0 Å². The Balaban J connectivity index is 1.11. The van der Waals surface area contributed by atoms with Crippen molar-refractivity contribution in [3.8, 4) is 10.8 Å². The van der Waals surface area contributed by atoms with Crippen LogP contribution >= 0.6 is 27.3 Å². The predicted octanol–water partition coefficient (Wildman–Crippen LogP) is 5.64. The summed E-state index contributed by atoms with van der Waals surface area (Å²) in [5.41, 5.74) is 1.20. The maximum absolute atomic E-state index is 13.3. The average molecular weight is 644 g/mol. The molecule has 0 saturated carbocycles. The Morgan fingerprint density at radius 2 is 1.93 bits per heavy atom. The van der Waals surface area contributed by atoms with Crippen molar-refractivity contribution in [2.45, 2.75) is 57.8 Å². The van der Waals surface area contributed by atoms with Crippen LogP contribution in [-0.2, 0) is 11.3 Å². The fourth-order valence-electron chi connectivity index (χ4n) is 5.54. The third-order valence-corrected chi connectivity index (χ3v) is 9.19. The first-order valence-electron chi connectivity index (χ1n) is 14.3. The largest absolute Gasteiger partial charge is 0.488 e. The number of carbonyl (C=O) groups excluding carboxylic acids is 2. The lowest BCUT2D eigenvalue weighted by Crippen LogP contribution is -2.51. The topological polar surface area (TPSA) is 83.1 Å². The summed E-state index contributed by atoms with van der Waals surface area (Å²) < 4.78 is 13.8. The minimum atomic E-state index is -0.658. The molecule has 0 radical (unpaired) electrons. The highest BCUT2D eigenvalue weighted by Gasteiger charge is 2.29. The van der Waals surface area contributed by atoms with Gasteiger partial charge in [0.2, 0.25) is 5.91 Å². The molecule has 8 nitrogen and oxygen atoms in total. The van der Waals surface area contributed by atoms with Gasteiger partial charge in [0.1, 0.15) is 17.9 Å². The van der Waals surface area contributed by atoms with Crippen molar-refractivity contribution in [2.24, 2.45) is 5.92 Å². The maximum atomic E-state index is 13.3. The zero-order valence-corrected chi connectivity index (χ0v) is 26.3. The molecule has 2 aromatic carbocycles. The Labute approximate surface area is 254 Å². The van der Waals surface area contributed by atoms with Gasteiger partial charge in [0.25, 0.3) is 0 Å². The van der Waals surface area contributed by atoms with Gasteiger partial charge in [-0.05, 0) is 77.3 Å². The molecule has 1 unspecified atom stereocenters. The Morgan fingerprint density at radius 1 is 1.10 bits per heavy atom. The second-order valence-corrected chi connectivity index (χ2v) is 13.5. The van der Waals surface area contributed by atoms with Crippen LogP contribution in [0, 0.1) is 5.92 Å². The van der Waals surface area contributed by atoms with Gasteiger partial charge in [-0.1, -0.05) is 49.4 Å². The van der Waals surface area contributed by atoms with Crippen LogP contribution in [0.1, 0.15) is 38.7 Å². The number of halogens is 1. The zero-order chi connectivity index (χ0) is 28.9. The van der Waals surface area contributed by atoms with E-state index in [2.05, 4.69) is 55.5 Å². The number of likely N-dealkylation sites (N-methyl/N-ethyl adjacent to an activating group) is 1. The van der Waals surface area contributed by atoms with Crippen LogP contribution in [0.15, 0.2) is 53.0 Å². The van der Waals surface area contributed by atoms with E-state index in [0.717, 1.165) is 65.9 Å². The number of nitrogens with zero attached hydrogens (tertiary/aromatic N) is 2. The molecule has 2 N–H and O–H groups in total. The highest BCUT2D eigenvalue weighted by molar-refractivity contribution is 9.10. The standard InChI is InChI=1S/C31H39BrN4O4S/c1-20(2)14-26(34-31(38)40-29-16-22-6-4-5-7-28(22)41-29)30(37)33-23-10-13-36(18-23)17-21-8-9-27(25(32)15-21)39-24-11-12-35(3)19-24/h4-9,15-16,20,23-24,26H,10-14,17-19H2,1-3H3,(H,33,37)(H,34,38)/t23-,24-,26?/m0/s1. The normalized spacial score (nSPS) is 20.4. The summed E-state index contributed by atoms with van der Waals surface area (Å²) in [6.07, 6.45) is 2.07. The molecule has 10 heteroatoms. The van der Waals surface area contributed by atoms with E-state index >= 15 is 0 Å². The lowest BCUT2D eigenvalue weighted by Gasteiger charge is -2.22. The number of thiophene rings is 1. The number of carbonyl (C=O) groups is 2. The van der Waals surface area contributed by atoms with E-state index in [0.29, 0.717) is 11.5 Å². The van der Waals surface area contributed by atoms with Crippen LogP contribution in [0.25, 0.3) is 10.1 Å². The molecular weight excluding hydrogens is 604 g/mol. The van der Waals surface area contributed by atoms with E-state index in [-0.39, 0.29) is 24.0 Å². The van der Waals surface area contributed by atoms with Gasteiger partial charge in [0, 0.05) is 49.5 Å². The number of likely N-dealkylation sites (tertiary alicyclic amines) is 2. The minimum absolute atomic E-state index is 0.0305. The van der Waals surface area contributed by atoms with Crippen LogP contribution < -0.4 is 20.1 Å². The smallest absolute Gasteiger partial charge is 0.414 e. The van der Waals surface area contributed by atoms with Crippen LogP contribution in [0.5, 0.6) is 10.8 Å². The van der Waals surface area contributed by atoms with E-state index in [1.54, 1.807) is 0 Å². The molecule has 2 saturated heterocycles. The van der Waals surface area contributed by atoms with Gasteiger partial charge in [0.05, 0.1) is 4.47 Å². The van der Waals surface area contributed by atoms with Crippen molar-refractivity contribution >= 4 is 49.4 Å². The third-order valence-electron chi connectivity index (χ3n) is 7.57. The van der Waals surface area contributed by atoms with Gasteiger partial charge in [-0.25, -0.2) is 4.79 Å². The van der Waals surface area contributed by atoms with E-state index < -0.39 is 12.1 Å². The van der Waals surface area contributed by atoms with Gasteiger partial charge in [-0.15, -0.1) is 0 Å². The Bertz CT molecular complexity index is 1330. The minimum Gasteiger partial charge on any atom is -0.488 e. The number of nitrogens with one attached hydrogen (secondary N) is 2. The molecule has 0 bridgehead atoms. The van der Waals surface area contributed by atoms with Crippen molar-refractivity contribution < 1.29 is 19.1 Å². The van der Waals surface area contributed by atoms with Crippen LogP contribution in [0.4, 0.5) is 4.79 Å². The fraction of sp³-hybridized carbons (Fsp3) is 0.484. The monoisotopic (exact) mass is 642 g/mol. The van der Waals surface area contributed by atoms with Crippen molar-refractivity contribution in [3.05, 3.63) is 58.6 Å². The molecule has 0 aliphatic carbocycles. The SMILES string of the molecule is CC(C)CC(NC(=O)Oc1cc2ccccc2s1)C(=O)N[C@H]1CCN(Cc2ccc(O[C@H]3CCN(C)C3)c(Br)c2)C1. The summed E-state index contributed by atoms with van der Waals surface area (Å²) in [4.78, 5) is 30.6. The maximum Gasteiger partial charge on any atom is 0.414 e. The Hall–Kier alpha value is -2.66. The molecule has 3 heterocycles. The quantitative estimate of drug-likeness (QED) is 0.298. The second-order valence-electron chi connectivity index (χ2n) is 11.6. The van der Waals surface area contributed by atoms with E-state index in [9.17, 15) is 9.59 Å². The van der Waals surface area contributed by atoms with Gasteiger partial charge in [0.15, 0.2) is 5.06 Å². The van der Waals surface area contributed by atoms with Crippen molar-refractivity contribution in [2.75, 3.05) is 33.2 Å². The van der Waals surface area contributed by atoms with Crippen molar-refractivity contribution in [3.63, 3.8) is 0 Å². The summed E-state index contributed by atoms with van der Waals surface area (Å²) in [5.74, 6) is 0.950. The summed E-state index contributed by atoms with van der Waals surface area (Å²) in [6.45, 7) is 8.55. The summed E-state index contributed by atoms with van der Waals surface area (Å²) >= 11 is 5.10. The molecule has 3 aromatic rings. The number of ether oxygens (including phenoxy) is 2. The Morgan fingerprint density at radius 3 is 2.66 bits per heavy atom. The molecule has 1 aromatic heterocycles. The molecule has 5 rings (SSSR count). The average Bonchev–Trinajstić information content (AvgIpc) is 3.64. The summed E-state index contributed by atoms with van der Waals surface area (Å²) in [7, 11) is 2.12. The first kappa shape index (κ1) is 29.8. The molecule has 220 valence electrons. The second kappa shape index (κ2) is 13.5. The highest BCUT2D eigenvalue weighted by Crippen LogP contribution is 2.32. The first-order valence-corrected chi connectivity index (χ1v) is 16.0. The predicted molar refractivity (Wildman–Crippen MR) is 167 cm³/mol. The number of benzene rings is 2. The molecule has 2 aliphatic heterocycles. The number of amides is 2. The van der Waals surface area contributed by atoms with Gasteiger partial charge in [-0.2, -0.15) is 0 Å². The lowest BCUT2D eigenvalue weighted by atomic mass is 10.0. The molecule has 2 amide bonds. The number of fused-ring (bicyclic) bond motifs is 1. The summed E-state index contributed by atoms with van der Waals surface area (Å²) in [6, 6.07) is 15.4. The van der Waals surface area contributed by atoms with E-state index in [4.69, 9.17) is 9.47 Å². The van der Waals surface area contributed by atoms with Crippen LogP contribution in [0.3, 0.4) is 0 Å². The molecule has 2 aliphatic rings. The van der Waals surface area contributed by atoms with Gasteiger partial charge >= 0.3 is 6.09 Å². The van der Waals surface area contributed by atoms with Crippen molar-refractivity contribution in [1.82, 2.24) is 20.4 Å². The van der Waals surface area contributed by atoms with Crippen LogP contribution in [-0.4, -0.2) is 73.2 Å². The fourth-order valence-corrected chi connectivity index (χ4v) is 6.97. The molecule has 41 heavy (non-hydrogen) atoms. The van der Waals surface area contributed by atoms with E-state index in [1.165, 1.54) is 16.9 Å². The summed E-state index contributed by atoms with van der Waals surface area (Å²) in [5, 5.41) is 7.51. The molecule has 3 atom stereocenters. The molecule has 2 fully saturated rings. The Kier molecular flexibility index (Phi) is 9.85. The first-order chi connectivity index (χ1) is 19.7. The highest BCUT2D eigenvalue weighted by atomic mass is 79.9. The third kappa shape index (κ3) is 8.22. The van der Waals surface area contributed by atoms with Crippen molar-refractivity contribution in [1.29, 1.82) is 0 Å². The van der Waals surface area contributed by atoms with E-state index in [1.807, 2.05) is 50.2 Å². The molecular formula is C31H39BrN4O4S. The van der Waals surface area contributed by atoms with Gasteiger partial charge in [-0.3, -0.25) is 9.69 Å². The zero-order valence-electron chi connectivity index (χ0n) is 23.9. The number of hydrogen-bond acceptors (Lipinski definition) is 7. The van der Waals surface area contributed by atoms with Gasteiger partial charge < -0.3 is 25.0 Å². The lowest BCUT2D eigenvalue weighted by molar-refractivity contribution is -0.124.